The molecule has 2 amide bonds. The number of rotatable bonds is 4. The molecule has 6 nitrogen and oxygen atoms in total. The summed E-state index contributed by atoms with van der Waals surface area (Å²) in [4.78, 5) is 22.8. The first-order chi connectivity index (χ1) is 8.70. The van der Waals surface area contributed by atoms with Gasteiger partial charge in [0, 0.05) is 0 Å². The van der Waals surface area contributed by atoms with E-state index in [9.17, 15) is 9.59 Å². The van der Waals surface area contributed by atoms with E-state index in [-0.39, 0.29) is 6.54 Å². The average molecular weight is 268 g/mol. The van der Waals surface area contributed by atoms with Gasteiger partial charge in [0.25, 0.3) is 0 Å². The second-order valence-electron chi connectivity index (χ2n) is 5.48. The molecule has 0 aliphatic rings. The second kappa shape index (κ2) is 5.77. The van der Waals surface area contributed by atoms with Crippen LogP contribution in [0.25, 0.3) is 0 Å². The van der Waals surface area contributed by atoms with Gasteiger partial charge in [-0.3, -0.25) is 0 Å². The van der Waals surface area contributed by atoms with Gasteiger partial charge in [-0.15, -0.1) is 0 Å². The van der Waals surface area contributed by atoms with Crippen LogP contribution >= 0.6 is 0 Å². The molecule has 1 heterocycles. The van der Waals surface area contributed by atoms with Gasteiger partial charge in [-0.05, 0) is 24.5 Å². The third-order valence-electron chi connectivity index (χ3n) is 2.61. The molecule has 1 aromatic rings. The fraction of sp³-hybridized carbons (Fsp3) is 0.538. The highest BCUT2D eigenvalue weighted by Gasteiger charge is 2.32. The Morgan fingerprint density at radius 2 is 2.00 bits per heavy atom. The van der Waals surface area contributed by atoms with Crippen molar-refractivity contribution in [1.29, 1.82) is 0 Å². The van der Waals surface area contributed by atoms with Crippen LogP contribution in [0.2, 0.25) is 0 Å². The van der Waals surface area contributed by atoms with Crippen LogP contribution in [0.3, 0.4) is 0 Å². The van der Waals surface area contributed by atoms with Gasteiger partial charge >= 0.3 is 12.0 Å². The van der Waals surface area contributed by atoms with Crippen LogP contribution in [0, 0.1) is 12.3 Å². The molecule has 0 saturated carbocycles. The predicted octanol–water partition coefficient (Wildman–Crippen LogP) is 1.89. The summed E-state index contributed by atoms with van der Waals surface area (Å²) in [5.74, 6) is 0.321. The van der Waals surface area contributed by atoms with Gasteiger partial charge < -0.3 is 20.2 Å². The number of carboxylic acid groups (broad SMARTS) is 1. The summed E-state index contributed by atoms with van der Waals surface area (Å²) < 4.78 is 5.29. The van der Waals surface area contributed by atoms with Crippen molar-refractivity contribution >= 4 is 12.0 Å². The lowest BCUT2D eigenvalue weighted by molar-refractivity contribution is -0.141. The number of urea groups is 1. The molecule has 3 N–H and O–H groups in total. The predicted molar refractivity (Wildman–Crippen MR) is 69.7 cm³/mol. The molecule has 0 unspecified atom stereocenters. The quantitative estimate of drug-likeness (QED) is 0.777. The first-order valence-corrected chi connectivity index (χ1v) is 6.02. The number of amides is 2. The normalized spacial score (nSPS) is 12.8. The maximum atomic E-state index is 11.7. The van der Waals surface area contributed by atoms with Crippen LogP contribution in [0.1, 0.15) is 32.3 Å². The monoisotopic (exact) mass is 268 g/mol. The van der Waals surface area contributed by atoms with Gasteiger partial charge in [-0.2, -0.15) is 0 Å². The van der Waals surface area contributed by atoms with Crippen molar-refractivity contribution in [3.05, 3.63) is 23.7 Å². The van der Waals surface area contributed by atoms with E-state index < -0.39 is 23.5 Å². The van der Waals surface area contributed by atoms with Crippen molar-refractivity contribution in [3.8, 4) is 0 Å². The van der Waals surface area contributed by atoms with Gasteiger partial charge in [0.15, 0.2) is 0 Å². The van der Waals surface area contributed by atoms with Crippen molar-refractivity contribution in [3.63, 3.8) is 0 Å². The highest BCUT2D eigenvalue weighted by atomic mass is 16.4. The fourth-order valence-corrected chi connectivity index (χ4v) is 1.58. The Hall–Kier alpha value is -1.98. The molecule has 0 aliphatic carbocycles. The number of nitrogens with one attached hydrogen (secondary N) is 2. The summed E-state index contributed by atoms with van der Waals surface area (Å²) >= 11 is 0. The SMILES string of the molecule is Cc1ccc(CNC(=O)N[C@@H](C(=O)O)C(C)(C)C)o1. The fourth-order valence-electron chi connectivity index (χ4n) is 1.58. The number of aryl methyl sites for hydroxylation is 1. The van der Waals surface area contributed by atoms with Crippen LogP contribution in [0.4, 0.5) is 4.79 Å². The van der Waals surface area contributed by atoms with Crippen LogP contribution in [0.5, 0.6) is 0 Å². The molecule has 19 heavy (non-hydrogen) atoms. The zero-order valence-corrected chi connectivity index (χ0v) is 11.6. The van der Waals surface area contributed by atoms with Crippen LogP contribution < -0.4 is 10.6 Å². The Balaban J connectivity index is 2.52. The molecule has 0 spiro atoms. The maximum absolute atomic E-state index is 11.7. The maximum Gasteiger partial charge on any atom is 0.326 e. The molecule has 0 aromatic carbocycles. The van der Waals surface area contributed by atoms with Gasteiger partial charge in [0.1, 0.15) is 17.6 Å². The van der Waals surface area contributed by atoms with Crippen LogP contribution in [-0.4, -0.2) is 23.1 Å². The Kier molecular flexibility index (Phi) is 4.58. The minimum Gasteiger partial charge on any atom is -0.480 e. The molecule has 0 aliphatic heterocycles. The van der Waals surface area contributed by atoms with Gasteiger partial charge in [0.05, 0.1) is 6.54 Å². The smallest absolute Gasteiger partial charge is 0.326 e. The lowest BCUT2D eigenvalue weighted by Gasteiger charge is -2.27. The third-order valence-corrected chi connectivity index (χ3v) is 2.61. The molecular formula is C13H20N2O4. The standard InChI is InChI=1S/C13H20N2O4/c1-8-5-6-9(19-8)7-14-12(18)15-10(11(16)17)13(2,3)4/h5-6,10H,7H2,1-4H3,(H,16,17)(H2,14,15,18)/t10-/m0/s1. The van der Waals surface area contributed by atoms with Gasteiger partial charge in [0.2, 0.25) is 0 Å². The largest absolute Gasteiger partial charge is 0.480 e. The van der Waals surface area contributed by atoms with E-state index in [0.717, 1.165) is 5.76 Å². The van der Waals surface area contributed by atoms with E-state index >= 15 is 0 Å². The molecular weight excluding hydrogens is 248 g/mol. The number of furan rings is 1. The minimum atomic E-state index is -1.06. The van der Waals surface area contributed by atoms with E-state index in [0.29, 0.717) is 5.76 Å². The van der Waals surface area contributed by atoms with Crippen molar-refractivity contribution < 1.29 is 19.1 Å². The number of carboxylic acids is 1. The van der Waals surface area contributed by atoms with Crippen molar-refractivity contribution in [1.82, 2.24) is 10.6 Å². The topological polar surface area (TPSA) is 91.6 Å². The lowest BCUT2D eigenvalue weighted by Crippen LogP contribution is -2.52. The first-order valence-electron chi connectivity index (χ1n) is 6.02. The molecule has 0 bridgehead atoms. The minimum absolute atomic E-state index is 0.218. The third kappa shape index (κ3) is 4.65. The van der Waals surface area contributed by atoms with Crippen LogP contribution in [0.15, 0.2) is 16.5 Å². The number of hydrogen-bond acceptors (Lipinski definition) is 3. The summed E-state index contributed by atoms with van der Waals surface area (Å²) in [5, 5.41) is 14.1. The Labute approximate surface area is 112 Å². The van der Waals surface area contributed by atoms with Gasteiger partial charge in [-0.25, -0.2) is 9.59 Å². The van der Waals surface area contributed by atoms with E-state index in [1.165, 1.54) is 0 Å². The first kappa shape index (κ1) is 15.1. The van der Waals surface area contributed by atoms with E-state index in [2.05, 4.69) is 10.6 Å². The Bertz CT molecular complexity index is 459. The average Bonchev–Trinajstić information content (AvgIpc) is 2.67. The number of aliphatic carboxylic acids is 1. The summed E-state index contributed by atoms with van der Waals surface area (Å²) in [6.45, 7) is 7.28. The summed E-state index contributed by atoms with van der Waals surface area (Å²) in [6.07, 6.45) is 0. The molecule has 0 saturated heterocycles. The van der Waals surface area contributed by atoms with Crippen molar-refractivity contribution in [2.75, 3.05) is 0 Å². The molecule has 106 valence electrons. The number of carbonyl (C=O) groups excluding carboxylic acids is 1. The zero-order chi connectivity index (χ0) is 14.6. The Morgan fingerprint density at radius 1 is 1.37 bits per heavy atom. The zero-order valence-electron chi connectivity index (χ0n) is 11.6. The van der Waals surface area contributed by atoms with E-state index in [4.69, 9.17) is 9.52 Å². The van der Waals surface area contributed by atoms with Crippen molar-refractivity contribution in [2.45, 2.75) is 40.3 Å². The lowest BCUT2D eigenvalue weighted by atomic mass is 9.87. The Morgan fingerprint density at radius 3 is 2.42 bits per heavy atom. The van der Waals surface area contributed by atoms with Crippen molar-refractivity contribution in [2.24, 2.45) is 5.41 Å². The number of hydrogen-bond donors (Lipinski definition) is 3. The van der Waals surface area contributed by atoms with E-state index in [1.54, 1.807) is 32.9 Å². The molecule has 6 heteroatoms. The number of carbonyl (C=O) groups is 2. The second-order valence-corrected chi connectivity index (χ2v) is 5.48. The van der Waals surface area contributed by atoms with Gasteiger partial charge in [-0.1, -0.05) is 20.8 Å². The summed E-state index contributed by atoms with van der Waals surface area (Å²) in [7, 11) is 0. The molecule has 1 atom stereocenters. The highest BCUT2D eigenvalue weighted by Crippen LogP contribution is 2.19. The molecule has 0 fully saturated rings. The molecule has 0 radical (unpaired) electrons. The van der Waals surface area contributed by atoms with Crippen LogP contribution in [-0.2, 0) is 11.3 Å². The summed E-state index contributed by atoms with van der Waals surface area (Å²) in [5.41, 5.74) is -0.565. The highest BCUT2D eigenvalue weighted by molar-refractivity contribution is 5.83. The summed E-state index contributed by atoms with van der Waals surface area (Å²) in [6, 6.07) is 2.07. The van der Waals surface area contributed by atoms with E-state index in [1.807, 2.05) is 6.92 Å². The molecule has 1 aromatic heterocycles. The molecule has 1 rings (SSSR count).